The van der Waals surface area contributed by atoms with Gasteiger partial charge in [0.25, 0.3) is 0 Å². The Balaban J connectivity index is 2.87. The molecule has 0 spiro atoms. The maximum atomic E-state index is 13.5. The van der Waals surface area contributed by atoms with Crippen LogP contribution in [0.3, 0.4) is 0 Å². The van der Waals surface area contributed by atoms with Crippen LogP contribution >= 0.6 is 7.52 Å². The first-order valence-corrected chi connectivity index (χ1v) is 11.6. The second-order valence-corrected chi connectivity index (χ2v) is 10.5. The van der Waals surface area contributed by atoms with Crippen LogP contribution in [0, 0.1) is 11.3 Å². The van der Waals surface area contributed by atoms with Crippen molar-refractivity contribution in [2.75, 3.05) is 6.16 Å². The molecule has 27 heavy (non-hydrogen) atoms. The summed E-state index contributed by atoms with van der Waals surface area (Å²) in [6.45, 7) is 13.7. The van der Waals surface area contributed by atoms with E-state index in [9.17, 15) is 9.36 Å². The molecule has 0 saturated heterocycles. The predicted molar refractivity (Wildman–Crippen MR) is 111 cm³/mol. The van der Waals surface area contributed by atoms with Gasteiger partial charge < -0.3 is 9.26 Å². The fourth-order valence-electron chi connectivity index (χ4n) is 3.06. The van der Waals surface area contributed by atoms with Crippen molar-refractivity contribution in [1.29, 1.82) is 0 Å². The van der Waals surface area contributed by atoms with Gasteiger partial charge in [-0.15, -0.1) is 0 Å². The topological polar surface area (TPSA) is 64.6 Å². The molecule has 0 saturated carbocycles. The first-order chi connectivity index (χ1) is 12.5. The van der Waals surface area contributed by atoms with Crippen molar-refractivity contribution >= 4 is 13.5 Å². The molecule has 1 rings (SSSR count). The predicted octanol–water partition coefficient (Wildman–Crippen LogP) is 5.65. The molecule has 0 amide bonds. The maximum absolute atomic E-state index is 13.5. The van der Waals surface area contributed by atoms with Gasteiger partial charge in [0.1, 0.15) is 17.9 Å². The van der Waals surface area contributed by atoms with E-state index in [0.29, 0.717) is 17.8 Å². The third-order valence-electron chi connectivity index (χ3n) is 4.44. The Morgan fingerprint density at radius 2 is 1.67 bits per heavy atom. The average molecular weight is 397 g/mol. The first-order valence-electron chi connectivity index (χ1n) is 9.81. The molecule has 0 aromatic heterocycles. The van der Waals surface area contributed by atoms with E-state index in [1.807, 2.05) is 45.9 Å². The van der Waals surface area contributed by atoms with Crippen LogP contribution in [-0.4, -0.2) is 24.3 Å². The molecule has 3 atom stereocenters. The quantitative estimate of drug-likeness (QED) is 0.408. The van der Waals surface area contributed by atoms with E-state index in [2.05, 4.69) is 18.9 Å². The Morgan fingerprint density at radius 1 is 1.11 bits per heavy atom. The van der Waals surface area contributed by atoms with E-state index in [1.54, 1.807) is 19.1 Å². The van der Waals surface area contributed by atoms with Gasteiger partial charge in [-0.1, -0.05) is 52.8 Å². The van der Waals surface area contributed by atoms with Crippen molar-refractivity contribution in [2.24, 2.45) is 11.3 Å². The van der Waals surface area contributed by atoms with Gasteiger partial charge in [0.15, 0.2) is 0 Å². The van der Waals surface area contributed by atoms with Crippen LogP contribution in [0.5, 0.6) is 5.75 Å². The third-order valence-corrected chi connectivity index (χ3v) is 7.09. The molecule has 0 heterocycles. The summed E-state index contributed by atoms with van der Waals surface area (Å²) in [5, 5.41) is 2.94. The molecule has 1 N–H and O–H groups in total. The minimum absolute atomic E-state index is 0.172. The highest BCUT2D eigenvalue weighted by Crippen LogP contribution is 2.48. The van der Waals surface area contributed by atoms with Crippen molar-refractivity contribution in [3.05, 3.63) is 30.3 Å². The highest BCUT2D eigenvalue weighted by Gasteiger charge is 2.35. The van der Waals surface area contributed by atoms with E-state index in [4.69, 9.17) is 9.26 Å². The van der Waals surface area contributed by atoms with Crippen LogP contribution in [0.1, 0.15) is 61.3 Å². The number of esters is 1. The van der Waals surface area contributed by atoms with Gasteiger partial charge in [-0.05, 0) is 50.2 Å². The number of hydrogen-bond donors (Lipinski definition) is 1. The SMILES string of the molecule is CCC(CC)C(C)OC(=O)[C@H](C)NP(=O)(CC(C)(C)C)Oc1ccccc1. The summed E-state index contributed by atoms with van der Waals surface area (Å²) in [4.78, 5) is 12.5. The second-order valence-electron chi connectivity index (χ2n) is 8.37. The van der Waals surface area contributed by atoms with Crippen molar-refractivity contribution in [3.63, 3.8) is 0 Å². The standard InChI is InChI=1S/C21H36NO4P/c1-8-18(9-2)17(4)25-20(23)16(3)22-27(24,15-21(5,6)7)26-19-13-11-10-12-14-19/h10-14,16-18H,8-9,15H2,1-7H3,(H,22,24)/t16-,17?,27?/m0/s1. The summed E-state index contributed by atoms with van der Waals surface area (Å²) in [7, 11) is -3.30. The molecular formula is C21H36NO4P. The van der Waals surface area contributed by atoms with Crippen LogP contribution in [0.2, 0.25) is 0 Å². The summed E-state index contributed by atoms with van der Waals surface area (Å²) in [5.74, 6) is 0.437. The van der Waals surface area contributed by atoms with Gasteiger partial charge in [-0.25, -0.2) is 5.09 Å². The summed E-state index contributed by atoms with van der Waals surface area (Å²) >= 11 is 0. The highest BCUT2D eigenvalue weighted by atomic mass is 31.2. The van der Waals surface area contributed by atoms with Crippen molar-refractivity contribution in [3.8, 4) is 5.75 Å². The van der Waals surface area contributed by atoms with Crippen LogP contribution in [0.15, 0.2) is 30.3 Å². The van der Waals surface area contributed by atoms with Gasteiger partial charge in [0, 0.05) is 0 Å². The monoisotopic (exact) mass is 397 g/mol. The molecule has 1 aromatic carbocycles. The lowest BCUT2D eigenvalue weighted by Crippen LogP contribution is -2.39. The first kappa shape index (κ1) is 23.7. The van der Waals surface area contributed by atoms with Crippen molar-refractivity contribution in [2.45, 2.75) is 73.5 Å². The molecule has 0 bridgehead atoms. The summed E-state index contributed by atoms with van der Waals surface area (Å²) in [5.41, 5.74) is -0.232. The molecule has 0 fully saturated rings. The van der Waals surface area contributed by atoms with Crippen LogP contribution in [0.25, 0.3) is 0 Å². The molecular weight excluding hydrogens is 361 g/mol. The minimum atomic E-state index is -3.30. The maximum Gasteiger partial charge on any atom is 0.323 e. The normalized spacial score (nSPS) is 16.4. The zero-order valence-corrected chi connectivity index (χ0v) is 18.7. The second kappa shape index (κ2) is 10.3. The van der Waals surface area contributed by atoms with E-state index >= 15 is 0 Å². The average Bonchev–Trinajstić information content (AvgIpc) is 2.54. The molecule has 0 aliphatic carbocycles. The van der Waals surface area contributed by atoms with Gasteiger partial charge in [-0.2, -0.15) is 0 Å². The summed E-state index contributed by atoms with van der Waals surface area (Å²) in [6.07, 6.45) is 2.03. The number of para-hydroxylation sites is 1. The van der Waals surface area contributed by atoms with Gasteiger partial charge >= 0.3 is 13.5 Å². The molecule has 0 aliphatic rings. The Kier molecular flexibility index (Phi) is 9.04. The lowest BCUT2D eigenvalue weighted by Gasteiger charge is -2.30. The number of carbonyl (C=O) groups excluding carboxylic acids is 1. The van der Waals surface area contributed by atoms with E-state index in [-0.39, 0.29) is 11.5 Å². The number of ether oxygens (including phenoxy) is 1. The third kappa shape index (κ3) is 8.49. The van der Waals surface area contributed by atoms with Gasteiger partial charge in [0.05, 0.1) is 6.16 Å². The number of nitrogens with one attached hydrogen (secondary N) is 1. The van der Waals surface area contributed by atoms with E-state index in [1.165, 1.54) is 0 Å². The lowest BCUT2D eigenvalue weighted by atomic mass is 9.98. The zero-order chi connectivity index (χ0) is 20.7. The minimum Gasteiger partial charge on any atom is -0.461 e. The van der Waals surface area contributed by atoms with Crippen LogP contribution in [-0.2, 0) is 14.1 Å². The molecule has 1 aromatic rings. The zero-order valence-electron chi connectivity index (χ0n) is 17.8. The molecule has 6 heteroatoms. The van der Waals surface area contributed by atoms with E-state index < -0.39 is 19.5 Å². The largest absolute Gasteiger partial charge is 0.461 e. The van der Waals surface area contributed by atoms with Crippen LogP contribution < -0.4 is 9.61 Å². The molecule has 0 aliphatic heterocycles. The van der Waals surface area contributed by atoms with Gasteiger partial charge in [0.2, 0.25) is 0 Å². The van der Waals surface area contributed by atoms with Crippen LogP contribution in [0.4, 0.5) is 0 Å². The fraction of sp³-hybridized carbons (Fsp3) is 0.667. The Bertz CT molecular complexity index is 623. The number of rotatable bonds is 10. The van der Waals surface area contributed by atoms with Gasteiger partial charge in [-0.3, -0.25) is 9.36 Å². The number of carbonyl (C=O) groups is 1. The molecule has 2 unspecified atom stereocenters. The summed E-state index contributed by atoms with van der Waals surface area (Å²) in [6, 6.07) is 8.31. The number of hydrogen-bond acceptors (Lipinski definition) is 4. The van der Waals surface area contributed by atoms with Crippen molar-refractivity contribution in [1.82, 2.24) is 5.09 Å². The smallest absolute Gasteiger partial charge is 0.323 e. The lowest BCUT2D eigenvalue weighted by molar-refractivity contribution is -0.152. The Labute approximate surface area is 164 Å². The Hall–Kier alpha value is -1.32. The molecule has 5 nitrogen and oxygen atoms in total. The highest BCUT2D eigenvalue weighted by molar-refractivity contribution is 7.57. The Morgan fingerprint density at radius 3 is 2.15 bits per heavy atom. The summed E-state index contributed by atoms with van der Waals surface area (Å²) < 4.78 is 24.9. The molecule has 154 valence electrons. The van der Waals surface area contributed by atoms with E-state index in [0.717, 1.165) is 12.8 Å². The number of benzene rings is 1. The fourth-order valence-corrected chi connectivity index (χ4v) is 5.68. The van der Waals surface area contributed by atoms with Crippen molar-refractivity contribution < 1.29 is 18.6 Å². The molecule has 0 radical (unpaired) electrons.